The summed E-state index contributed by atoms with van der Waals surface area (Å²) in [5, 5.41) is 12.1. The Morgan fingerprint density at radius 3 is 3.05 bits per heavy atom. The molecule has 6 nitrogen and oxygen atoms in total. The molecule has 1 fully saturated rings. The maximum Gasteiger partial charge on any atom is 0.308 e. The number of likely N-dealkylation sites (tertiary alicyclic amines) is 1. The minimum Gasteiger partial charge on any atom is -0.481 e. The van der Waals surface area contributed by atoms with E-state index in [0.717, 1.165) is 18.7 Å². The highest BCUT2D eigenvalue weighted by molar-refractivity contribution is 5.86. The molecule has 19 heavy (non-hydrogen) atoms. The Bertz CT molecular complexity index is 450. The van der Waals surface area contributed by atoms with Gasteiger partial charge in [-0.3, -0.25) is 14.6 Å². The summed E-state index contributed by atoms with van der Waals surface area (Å²) in [5.41, 5.74) is 0.943. The third kappa shape index (κ3) is 3.67. The minimum atomic E-state index is -0.885. The van der Waals surface area contributed by atoms with Gasteiger partial charge in [0.2, 0.25) is 5.91 Å². The molecule has 0 saturated carbocycles. The van der Waals surface area contributed by atoms with Gasteiger partial charge in [-0.05, 0) is 18.6 Å². The second-order valence-corrected chi connectivity index (χ2v) is 4.60. The molecule has 102 valence electrons. The van der Waals surface area contributed by atoms with Crippen molar-refractivity contribution in [3.8, 4) is 0 Å². The molecule has 1 atom stereocenters. The van der Waals surface area contributed by atoms with Gasteiger partial charge in [0.25, 0.3) is 0 Å². The molecule has 6 heteroatoms. The van der Waals surface area contributed by atoms with Crippen LogP contribution in [0.2, 0.25) is 0 Å². The molecule has 2 N–H and O–H groups in total. The van der Waals surface area contributed by atoms with Crippen LogP contribution in [0.4, 0.5) is 5.69 Å². The van der Waals surface area contributed by atoms with Gasteiger partial charge in [0, 0.05) is 38.4 Å². The van der Waals surface area contributed by atoms with Crippen LogP contribution in [-0.4, -0.2) is 46.5 Å². The van der Waals surface area contributed by atoms with Crippen molar-refractivity contribution in [1.82, 2.24) is 9.88 Å². The van der Waals surface area contributed by atoms with Crippen LogP contribution in [0.1, 0.15) is 12.8 Å². The van der Waals surface area contributed by atoms with Gasteiger partial charge in [-0.25, -0.2) is 0 Å². The highest BCUT2D eigenvalue weighted by Gasteiger charge is 2.33. The first-order valence-electron chi connectivity index (χ1n) is 6.31. The lowest BCUT2D eigenvalue weighted by atomic mass is 10.1. The number of aliphatic carboxylic acids is 1. The van der Waals surface area contributed by atoms with Crippen LogP contribution in [-0.2, 0) is 9.59 Å². The van der Waals surface area contributed by atoms with Crippen molar-refractivity contribution in [2.45, 2.75) is 12.8 Å². The Morgan fingerprint density at radius 2 is 2.42 bits per heavy atom. The molecule has 0 aliphatic carbocycles. The quantitative estimate of drug-likeness (QED) is 0.742. The van der Waals surface area contributed by atoms with Gasteiger partial charge in [-0.1, -0.05) is 0 Å². The van der Waals surface area contributed by atoms with Crippen LogP contribution in [0.25, 0.3) is 0 Å². The van der Waals surface area contributed by atoms with Gasteiger partial charge in [-0.2, -0.15) is 0 Å². The Morgan fingerprint density at radius 1 is 1.58 bits per heavy atom. The number of hydrogen-bond donors (Lipinski definition) is 2. The number of amides is 1. The Labute approximate surface area is 111 Å². The van der Waals surface area contributed by atoms with E-state index < -0.39 is 11.9 Å². The van der Waals surface area contributed by atoms with Crippen molar-refractivity contribution in [2.24, 2.45) is 5.92 Å². The molecule has 0 aromatic carbocycles. The lowest BCUT2D eigenvalue weighted by Crippen LogP contribution is -2.28. The van der Waals surface area contributed by atoms with E-state index in [9.17, 15) is 9.59 Å². The molecule has 2 heterocycles. The molecular weight excluding hydrogens is 246 g/mol. The number of hydrogen-bond acceptors (Lipinski definition) is 4. The summed E-state index contributed by atoms with van der Waals surface area (Å²) in [7, 11) is 0. The predicted molar refractivity (Wildman–Crippen MR) is 69.7 cm³/mol. The van der Waals surface area contributed by atoms with Crippen LogP contribution in [0.5, 0.6) is 0 Å². The largest absolute Gasteiger partial charge is 0.481 e. The molecule has 1 aromatic rings. The molecule has 0 unspecified atom stereocenters. The maximum absolute atomic E-state index is 11.6. The van der Waals surface area contributed by atoms with Crippen molar-refractivity contribution >= 4 is 17.6 Å². The Hall–Kier alpha value is -2.11. The number of carboxylic acid groups (broad SMARTS) is 1. The van der Waals surface area contributed by atoms with Crippen LogP contribution >= 0.6 is 0 Å². The van der Waals surface area contributed by atoms with Gasteiger partial charge in [0.15, 0.2) is 0 Å². The molecule has 2 rings (SSSR count). The fraction of sp³-hybridized carbons (Fsp3) is 0.462. The van der Waals surface area contributed by atoms with E-state index in [1.54, 1.807) is 17.3 Å². The average Bonchev–Trinajstić information content (AvgIpc) is 2.78. The summed E-state index contributed by atoms with van der Waals surface area (Å²) < 4.78 is 0. The number of pyridine rings is 1. The molecule has 0 bridgehead atoms. The fourth-order valence-corrected chi connectivity index (χ4v) is 2.12. The van der Waals surface area contributed by atoms with Crippen LogP contribution in [0.15, 0.2) is 24.5 Å². The second-order valence-electron chi connectivity index (χ2n) is 4.60. The lowest BCUT2D eigenvalue weighted by molar-refractivity contribution is -0.141. The Kier molecular flexibility index (Phi) is 4.33. The van der Waals surface area contributed by atoms with Gasteiger partial charge < -0.3 is 15.3 Å². The van der Waals surface area contributed by atoms with E-state index in [0.29, 0.717) is 13.1 Å². The van der Waals surface area contributed by atoms with E-state index in [-0.39, 0.29) is 12.3 Å². The van der Waals surface area contributed by atoms with Crippen LogP contribution in [0.3, 0.4) is 0 Å². The van der Waals surface area contributed by atoms with Crippen molar-refractivity contribution < 1.29 is 14.7 Å². The number of carbonyl (C=O) groups is 2. The highest BCUT2D eigenvalue weighted by atomic mass is 16.4. The standard InChI is InChI=1S/C13H17N3O3/c17-12-7-10(13(18)19)9-16(12)6-2-5-15-11-3-1-4-14-8-11/h1,3-4,8,10,15H,2,5-7,9H2,(H,18,19)/t10-/m1/s1. The lowest BCUT2D eigenvalue weighted by Gasteiger charge is -2.16. The number of aromatic nitrogens is 1. The second kappa shape index (κ2) is 6.17. The molecule has 1 saturated heterocycles. The van der Waals surface area contributed by atoms with Crippen molar-refractivity contribution in [2.75, 3.05) is 25.0 Å². The number of carboxylic acids is 1. The number of nitrogens with zero attached hydrogens (tertiary/aromatic N) is 2. The average molecular weight is 263 g/mol. The summed E-state index contributed by atoms with van der Waals surface area (Å²) in [6.07, 6.45) is 4.36. The minimum absolute atomic E-state index is 0.0613. The maximum atomic E-state index is 11.6. The number of carbonyl (C=O) groups excluding carboxylic acids is 1. The number of rotatable bonds is 6. The van der Waals surface area contributed by atoms with Gasteiger partial charge >= 0.3 is 5.97 Å². The SMILES string of the molecule is O=C(O)[C@@H]1CC(=O)N(CCCNc2cccnc2)C1. The first-order chi connectivity index (χ1) is 9.16. The highest BCUT2D eigenvalue weighted by Crippen LogP contribution is 2.17. The summed E-state index contributed by atoms with van der Waals surface area (Å²) >= 11 is 0. The van der Waals surface area contributed by atoms with Gasteiger partial charge in [0.1, 0.15) is 0 Å². The number of anilines is 1. The molecule has 1 aromatic heterocycles. The number of nitrogens with one attached hydrogen (secondary N) is 1. The third-order valence-electron chi connectivity index (χ3n) is 3.16. The summed E-state index contributed by atoms with van der Waals surface area (Å²) in [4.78, 5) is 28.0. The fourth-order valence-electron chi connectivity index (χ4n) is 2.12. The zero-order valence-corrected chi connectivity index (χ0v) is 10.6. The third-order valence-corrected chi connectivity index (χ3v) is 3.16. The van der Waals surface area contributed by atoms with Crippen LogP contribution in [0, 0.1) is 5.92 Å². The van der Waals surface area contributed by atoms with Crippen molar-refractivity contribution in [3.05, 3.63) is 24.5 Å². The van der Waals surface area contributed by atoms with Gasteiger partial charge in [-0.15, -0.1) is 0 Å². The summed E-state index contributed by atoms with van der Waals surface area (Å²) in [6, 6.07) is 3.78. The normalized spacial score (nSPS) is 18.6. The Balaban J connectivity index is 1.69. The summed E-state index contributed by atoms with van der Waals surface area (Å²) in [5.74, 6) is -1.49. The van der Waals surface area contributed by atoms with Crippen molar-refractivity contribution in [3.63, 3.8) is 0 Å². The smallest absolute Gasteiger partial charge is 0.308 e. The zero-order chi connectivity index (χ0) is 13.7. The van der Waals surface area contributed by atoms with E-state index >= 15 is 0 Å². The predicted octanol–water partition coefficient (Wildman–Crippen LogP) is 0.817. The van der Waals surface area contributed by atoms with Gasteiger partial charge in [0.05, 0.1) is 11.6 Å². The topological polar surface area (TPSA) is 82.5 Å². The summed E-state index contributed by atoms with van der Waals surface area (Å²) in [6.45, 7) is 1.66. The molecule has 0 spiro atoms. The molecular formula is C13H17N3O3. The van der Waals surface area contributed by atoms with E-state index in [1.165, 1.54) is 0 Å². The molecule has 0 radical (unpaired) electrons. The molecule has 1 aliphatic rings. The van der Waals surface area contributed by atoms with Crippen LogP contribution < -0.4 is 5.32 Å². The monoisotopic (exact) mass is 263 g/mol. The first kappa shape index (κ1) is 13.3. The first-order valence-corrected chi connectivity index (χ1v) is 6.31. The van der Waals surface area contributed by atoms with Crippen molar-refractivity contribution in [1.29, 1.82) is 0 Å². The zero-order valence-electron chi connectivity index (χ0n) is 10.6. The molecule has 1 amide bonds. The van der Waals surface area contributed by atoms with E-state index in [2.05, 4.69) is 10.3 Å². The molecule has 1 aliphatic heterocycles. The van der Waals surface area contributed by atoms with E-state index in [4.69, 9.17) is 5.11 Å². The van der Waals surface area contributed by atoms with E-state index in [1.807, 2.05) is 12.1 Å².